The van der Waals surface area contributed by atoms with Crippen LogP contribution < -0.4 is 5.32 Å². The van der Waals surface area contributed by atoms with E-state index in [2.05, 4.69) is 69.9 Å². The predicted molar refractivity (Wildman–Crippen MR) is 120 cm³/mol. The molecule has 0 unspecified atom stereocenters. The Hall–Kier alpha value is -2.23. The van der Waals surface area contributed by atoms with E-state index in [0.717, 1.165) is 33.7 Å². The van der Waals surface area contributed by atoms with E-state index in [9.17, 15) is 0 Å². The number of thiophene rings is 1. The van der Waals surface area contributed by atoms with Crippen molar-refractivity contribution in [1.82, 2.24) is 20.4 Å². The Bertz CT molecular complexity index is 1060. The molecule has 9 heteroatoms. The Balaban J connectivity index is 1.28. The molecule has 0 aliphatic rings. The van der Waals surface area contributed by atoms with Gasteiger partial charge in [-0.3, -0.25) is 0 Å². The summed E-state index contributed by atoms with van der Waals surface area (Å²) < 4.78 is 6.71. The molecule has 1 aromatic carbocycles. The molecule has 0 amide bonds. The van der Waals surface area contributed by atoms with Crippen LogP contribution in [0.4, 0.5) is 5.13 Å². The van der Waals surface area contributed by atoms with Crippen LogP contribution in [0.5, 0.6) is 0 Å². The predicted octanol–water partition coefficient (Wildman–Crippen LogP) is 5.47. The Morgan fingerprint density at radius 1 is 1.07 bits per heavy atom. The van der Waals surface area contributed by atoms with E-state index in [-0.39, 0.29) is 0 Å². The Kier molecular flexibility index (Phi) is 6.58. The average molecular weight is 444 g/mol. The quantitative estimate of drug-likeness (QED) is 0.344. The maximum atomic E-state index is 5.83. The Morgan fingerprint density at radius 3 is 2.72 bits per heavy atom. The Morgan fingerprint density at radius 2 is 1.93 bits per heavy atom. The third-order valence-corrected chi connectivity index (χ3v) is 7.65. The molecule has 3 aromatic heterocycles. The van der Waals surface area contributed by atoms with Crippen molar-refractivity contribution < 1.29 is 4.42 Å². The molecule has 3 heterocycles. The van der Waals surface area contributed by atoms with Gasteiger partial charge in [0, 0.05) is 11.4 Å². The van der Waals surface area contributed by atoms with Gasteiger partial charge < -0.3 is 9.73 Å². The van der Waals surface area contributed by atoms with Crippen LogP contribution in [0.15, 0.2) is 45.2 Å². The fourth-order valence-electron chi connectivity index (χ4n) is 2.81. The van der Waals surface area contributed by atoms with E-state index >= 15 is 0 Å². The zero-order valence-electron chi connectivity index (χ0n) is 16.2. The summed E-state index contributed by atoms with van der Waals surface area (Å²) in [5.41, 5.74) is 2.58. The molecule has 0 fully saturated rings. The average Bonchev–Trinajstić information content (AvgIpc) is 3.47. The summed E-state index contributed by atoms with van der Waals surface area (Å²) in [6.07, 6.45) is 1.97. The van der Waals surface area contributed by atoms with Crippen LogP contribution in [-0.2, 0) is 18.6 Å². The lowest BCUT2D eigenvalue weighted by atomic mass is 10.2. The van der Waals surface area contributed by atoms with E-state index < -0.39 is 0 Å². The van der Waals surface area contributed by atoms with Crippen LogP contribution in [0.25, 0.3) is 10.8 Å². The second-order valence-electron chi connectivity index (χ2n) is 6.40. The molecule has 0 aliphatic heterocycles. The molecular weight excluding hydrogens is 422 g/mol. The van der Waals surface area contributed by atoms with Gasteiger partial charge in [-0.1, -0.05) is 60.4 Å². The second kappa shape index (κ2) is 9.51. The Labute approximate surface area is 181 Å². The highest BCUT2D eigenvalue weighted by atomic mass is 32.2. The van der Waals surface area contributed by atoms with Gasteiger partial charge in [-0.15, -0.1) is 31.7 Å². The van der Waals surface area contributed by atoms with Gasteiger partial charge in [0.15, 0.2) is 4.34 Å². The molecule has 0 atom stereocenters. The largest absolute Gasteiger partial charge is 0.419 e. The summed E-state index contributed by atoms with van der Waals surface area (Å²) in [5.74, 6) is 1.77. The van der Waals surface area contributed by atoms with Crippen molar-refractivity contribution in [2.45, 2.75) is 36.8 Å². The fourth-order valence-corrected chi connectivity index (χ4v) is 5.46. The smallest absolute Gasteiger partial charge is 0.257 e. The van der Waals surface area contributed by atoms with Crippen LogP contribution in [0.1, 0.15) is 28.8 Å². The summed E-state index contributed by atoms with van der Waals surface area (Å²) in [4.78, 5) is 2.39. The molecule has 150 valence electrons. The lowest BCUT2D eigenvalue weighted by Crippen LogP contribution is -2.04. The van der Waals surface area contributed by atoms with E-state index in [0.29, 0.717) is 17.5 Å². The first-order valence-electron chi connectivity index (χ1n) is 9.37. The van der Waals surface area contributed by atoms with Crippen LogP contribution in [0.3, 0.4) is 0 Å². The molecule has 6 nitrogen and oxygen atoms in total. The molecule has 29 heavy (non-hydrogen) atoms. The maximum absolute atomic E-state index is 5.83. The normalized spacial score (nSPS) is 11.1. The minimum absolute atomic E-state index is 0.580. The van der Waals surface area contributed by atoms with E-state index in [4.69, 9.17) is 4.42 Å². The summed E-state index contributed by atoms with van der Waals surface area (Å²) in [6, 6.07) is 12.5. The van der Waals surface area contributed by atoms with Gasteiger partial charge in [0.2, 0.25) is 11.0 Å². The van der Waals surface area contributed by atoms with E-state index in [1.54, 1.807) is 34.4 Å². The number of anilines is 1. The van der Waals surface area contributed by atoms with Crippen molar-refractivity contribution >= 4 is 39.6 Å². The van der Waals surface area contributed by atoms with Gasteiger partial charge in [0.25, 0.3) is 5.89 Å². The van der Waals surface area contributed by atoms with E-state index in [1.807, 2.05) is 6.07 Å². The number of benzene rings is 1. The SMILES string of the molecule is CCc1sc(-c2nnc(CSc3nnc(NCCc4ccccc4)s3)o2)cc1C. The van der Waals surface area contributed by atoms with Crippen LogP contribution >= 0.6 is 34.4 Å². The number of nitrogens with one attached hydrogen (secondary N) is 1. The van der Waals surface area contributed by atoms with Crippen LogP contribution in [0, 0.1) is 6.92 Å². The topological polar surface area (TPSA) is 76.7 Å². The molecule has 0 saturated heterocycles. The van der Waals surface area contributed by atoms with E-state index in [1.165, 1.54) is 16.0 Å². The molecule has 0 bridgehead atoms. The first-order chi connectivity index (χ1) is 14.2. The van der Waals surface area contributed by atoms with Crippen molar-refractivity contribution in [3.8, 4) is 10.8 Å². The van der Waals surface area contributed by atoms with Crippen molar-refractivity contribution in [2.75, 3.05) is 11.9 Å². The summed E-state index contributed by atoms with van der Waals surface area (Å²) >= 11 is 4.82. The number of aryl methyl sites for hydroxylation is 2. The molecular formula is C20H21N5OS3. The highest BCUT2D eigenvalue weighted by molar-refractivity contribution is 8.00. The summed E-state index contributed by atoms with van der Waals surface area (Å²) in [5, 5.41) is 21.0. The number of nitrogens with zero attached hydrogens (tertiary/aromatic N) is 4. The monoisotopic (exact) mass is 443 g/mol. The molecule has 1 N–H and O–H groups in total. The number of hydrogen-bond acceptors (Lipinski definition) is 9. The maximum Gasteiger partial charge on any atom is 0.257 e. The van der Waals surface area contributed by atoms with Gasteiger partial charge in [-0.25, -0.2) is 0 Å². The first-order valence-corrected chi connectivity index (χ1v) is 12.0. The minimum atomic E-state index is 0.580. The zero-order chi connectivity index (χ0) is 20.1. The molecule has 4 rings (SSSR count). The van der Waals surface area contributed by atoms with Gasteiger partial charge in [-0.2, -0.15) is 0 Å². The number of hydrogen-bond donors (Lipinski definition) is 1. The molecule has 0 aliphatic carbocycles. The van der Waals surface area contributed by atoms with Gasteiger partial charge in [-0.05, 0) is 37.0 Å². The van der Waals surface area contributed by atoms with Gasteiger partial charge in [0.05, 0.1) is 10.6 Å². The highest BCUT2D eigenvalue weighted by Gasteiger charge is 2.14. The molecule has 0 radical (unpaired) electrons. The fraction of sp³-hybridized carbons (Fsp3) is 0.300. The number of aromatic nitrogens is 4. The summed E-state index contributed by atoms with van der Waals surface area (Å²) in [7, 11) is 0. The minimum Gasteiger partial charge on any atom is -0.419 e. The zero-order valence-corrected chi connectivity index (χ0v) is 18.7. The number of rotatable bonds is 9. The van der Waals surface area contributed by atoms with Crippen molar-refractivity contribution in [2.24, 2.45) is 0 Å². The van der Waals surface area contributed by atoms with Crippen LogP contribution in [0.2, 0.25) is 0 Å². The highest BCUT2D eigenvalue weighted by Crippen LogP contribution is 2.32. The standard InChI is InChI=1S/C20H21N5OS3/c1-3-15-13(2)11-16(28-15)18-23-22-17(26-18)12-27-20-25-24-19(29-20)21-10-9-14-7-5-4-6-8-14/h4-8,11H,3,9-10,12H2,1-2H3,(H,21,24). The third-order valence-electron chi connectivity index (χ3n) is 4.28. The molecule has 0 saturated carbocycles. The van der Waals surface area contributed by atoms with Crippen LogP contribution in [-0.4, -0.2) is 26.9 Å². The lowest BCUT2D eigenvalue weighted by molar-refractivity contribution is 0.529. The molecule has 4 aromatic rings. The number of thioether (sulfide) groups is 1. The molecule has 0 spiro atoms. The second-order valence-corrected chi connectivity index (χ2v) is 9.73. The van der Waals surface area contributed by atoms with Crippen molar-refractivity contribution in [3.05, 3.63) is 58.3 Å². The lowest BCUT2D eigenvalue weighted by Gasteiger charge is -2.01. The van der Waals surface area contributed by atoms with Gasteiger partial charge in [0.1, 0.15) is 0 Å². The third kappa shape index (κ3) is 5.23. The van der Waals surface area contributed by atoms with Crippen molar-refractivity contribution in [3.63, 3.8) is 0 Å². The van der Waals surface area contributed by atoms with Crippen molar-refractivity contribution in [1.29, 1.82) is 0 Å². The summed E-state index contributed by atoms with van der Waals surface area (Å²) in [6.45, 7) is 5.11. The first kappa shape index (κ1) is 20.1. The van der Waals surface area contributed by atoms with Gasteiger partial charge >= 0.3 is 0 Å².